The summed E-state index contributed by atoms with van der Waals surface area (Å²) in [6, 6.07) is 11.7. The van der Waals surface area contributed by atoms with Crippen LogP contribution in [0.15, 0.2) is 40.9 Å². The van der Waals surface area contributed by atoms with Crippen molar-refractivity contribution in [3.8, 4) is 11.8 Å². The van der Waals surface area contributed by atoms with E-state index in [2.05, 4.69) is 21.2 Å². The van der Waals surface area contributed by atoms with Crippen LogP contribution in [0.25, 0.3) is 0 Å². The Morgan fingerprint density at radius 3 is 2.71 bits per heavy atom. The van der Waals surface area contributed by atoms with Crippen molar-refractivity contribution in [1.82, 2.24) is 0 Å². The fourth-order valence-electron chi connectivity index (χ4n) is 1.73. The highest BCUT2D eigenvalue weighted by Gasteiger charge is 2.13. The van der Waals surface area contributed by atoms with Crippen LogP contribution in [0.1, 0.15) is 15.9 Å². The molecule has 0 bridgehead atoms. The molecule has 0 aliphatic heterocycles. The second-order valence-corrected chi connectivity index (χ2v) is 5.40. The first kappa shape index (κ1) is 15.4. The number of ether oxygens (including phenoxy) is 1. The smallest absolute Gasteiger partial charge is 0.256 e. The Bertz CT molecular complexity index is 741. The number of nitriles is 1. The van der Waals surface area contributed by atoms with E-state index in [1.165, 1.54) is 7.11 Å². The first-order chi connectivity index (χ1) is 10.0. The molecule has 2 rings (SSSR count). The number of nitrogens with zero attached hydrogens (tertiary/aromatic N) is 1. The molecule has 0 saturated heterocycles. The van der Waals surface area contributed by atoms with Gasteiger partial charge in [-0.1, -0.05) is 11.6 Å². The molecule has 0 aliphatic carbocycles. The van der Waals surface area contributed by atoms with E-state index >= 15 is 0 Å². The van der Waals surface area contributed by atoms with Gasteiger partial charge in [0, 0.05) is 15.6 Å². The predicted molar refractivity (Wildman–Crippen MR) is 84.8 cm³/mol. The number of benzene rings is 2. The lowest BCUT2D eigenvalue weighted by Crippen LogP contribution is -2.13. The van der Waals surface area contributed by atoms with E-state index in [0.717, 1.165) is 0 Å². The van der Waals surface area contributed by atoms with E-state index in [1.807, 2.05) is 6.07 Å². The van der Waals surface area contributed by atoms with Crippen LogP contribution >= 0.6 is 27.5 Å². The Morgan fingerprint density at radius 2 is 2.10 bits per heavy atom. The van der Waals surface area contributed by atoms with E-state index in [0.29, 0.717) is 32.1 Å². The Balaban J connectivity index is 2.29. The van der Waals surface area contributed by atoms with Gasteiger partial charge < -0.3 is 10.1 Å². The maximum atomic E-state index is 12.3. The van der Waals surface area contributed by atoms with Crippen molar-refractivity contribution in [3.63, 3.8) is 0 Å². The van der Waals surface area contributed by atoms with Crippen molar-refractivity contribution in [2.45, 2.75) is 0 Å². The third-order valence-corrected chi connectivity index (χ3v) is 3.65. The summed E-state index contributed by atoms with van der Waals surface area (Å²) in [7, 11) is 1.48. The van der Waals surface area contributed by atoms with Crippen molar-refractivity contribution in [1.29, 1.82) is 5.26 Å². The lowest BCUT2D eigenvalue weighted by Gasteiger charge is -2.11. The van der Waals surface area contributed by atoms with Gasteiger partial charge in [-0.2, -0.15) is 5.26 Å². The first-order valence-corrected chi connectivity index (χ1v) is 7.07. The summed E-state index contributed by atoms with van der Waals surface area (Å²) in [6.07, 6.45) is 0. The monoisotopic (exact) mass is 364 g/mol. The number of amides is 1. The van der Waals surface area contributed by atoms with Gasteiger partial charge in [0.15, 0.2) is 0 Å². The topological polar surface area (TPSA) is 62.1 Å². The number of carbonyl (C=O) groups excluding carboxylic acids is 1. The molecular weight excluding hydrogens is 356 g/mol. The average Bonchev–Trinajstić information content (AvgIpc) is 2.47. The minimum atomic E-state index is -0.304. The fourth-order valence-corrected chi connectivity index (χ4v) is 2.59. The van der Waals surface area contributed by atoms with E-state index in [9.17, 15) is 4.79 Å². The third-order valence-electron chi connectivity index (χ3n) is 2.75. The van der Waals surface area contributed by atoms with Crippen LogP contribution in [0.2, 0.25) is 5.02 Å². The molecule has 0 fully saturated rings. The summed E-state index contributed by atoms with van der Waals surface area (Å²) in [5.41, 5.74) is 1.40. The van der Waals surface area contributed by atoms with Crippen LogP contribution in [0.4, 0.5) is 5.69 Å². The lowest BCUT2D eigenvalue weighted by molar-refractivity contribution is 0.102. The quantitative estimate of drug-likeness (QED) is 0.885. The van der Waals surface area contributed by atoms with E-state index in [-0.39, 0.29) is 5.91 Å². The van der Waals surface area contributed by atoms with Gasteiger partial charge in [0.1, 0.15) is 5.75 Å². The Morgan fingerprint density at radius 1 is 1.33 bits per heavy atom. The van der Waals surface area contributed by atoms with Gasteiger partial charge in [-0.25, -0.2) is 0 Å². The van der Waals surface area contributed by atoms with E-state index in [4.69, 9.17) is 21.6 Å². The summed E-state index contributed by atoms with van der Waals surface area (Å²) >= 11 is 9.15. The molecule has 0 aliphatic rings. The van der Waals surface area contributed by atoms with Crippen LogP contribution in [0, 0.1) is 11.3 Å². The summed E-state index contributed by atoms with van der Waals surface area (Å²) in [5, 5.41) is 12.1. The lowest BCUT2D eigenvalue weighted by atomic mass is 10.1. The highest BCUT2D eigenvalue weighted by atomic mass is 79.9. The van der Waals surface area contributed by atoms with E-state index in [1.54, 1.807) is 36.4 Å². The van der Waals surface area contributed by atoms with Crippen molar-refractivity contribution in [2.24, 2.45) is 0 Å². The molecule has 0 spiro atoms. The Labute approximate surface area is 135 Å². The maximum Gasteiger partial charge on any atom is 0.256 e. The average molecular weight is 366 g/mol. The molecule has 0 atom stereocenters. The molecule has 1 N–H and O–H groups in total. The van der Waals surface area contributed by atoms with Crippen molar-refractivity contribution in [3.05, 3.63) is 57.0 Å². The number of hydrogen-bond acceptors (Lipinski definition) is 3. The number of rotatable bonds is 3. The molecule has 1 amide bonds. The molecule has 0 radical (unpaired) electrons. The molecule has 106 valence electrons. The first-order valence-electron chi connectivity index (χ1n) is 5.89. The van der Waals surface area contributed by atoms with Gasteiger partial charge in [0.05, 0.1) is 30.0 Å². The zero-order valence-corrected chi connectivity index (χ0v) is 13.3. The minimum absolute atomic E-state index is 0.304. The number of anilines is 1. The molecule has 0 saturated carbocycles. The number of hydrogen-bond donors (Lipinski definition) is 1. The molecular formula is C15H10BrClN2O2. The van der Waals surface area contributed by atoms with Gasteiger partial charge >= 0.3 is 0 Å². The summed E-state index contributed by atoms with van der Waals surface area (Å²) in [6.45, 7) is 0. The third kappa shape index (κ3) is 3.54. The van der Waals surface area contributed by atoms with Gasteiger partial charge in [-0.05, 0) is 46.3 Å². The molecule has 0 aromatic heterocycles. The van der Waals surface area contributed by atoms with Gasteiger partial charge in [0.2, 0.25) is 0 Å². The molecule has 4 nitrogen and oxygen atoms in total. The number of carbonyl (C=O) groups is 1. The predicted octanol–water partition coefficient (Wildman–Crippen LogP) is 4.24. The number of methoxy groups -OCH3 is 1. The van der Waals surface area contributed by atoms with Crippen LogP contribution < -0.4 is 10.1 Å². The van der Waals surface area contributed by atoms with Gasteiger partial charge in [-0.15, -0.1) is 0 Å². The van der Waals surface area contributed by atoms with Crippen molar-refractivity contribution in [2.75, 3.05) is 12.4 Å². The molecule has 0 heterocycles. The second-order valence-electron chi connectivity index (χ2n) is 4.11. The summed E-state index contributed by atoms with van der Waals surface area (Å²) < 4.78 is 5.77. The molecule has 0 unspecified atom stereocenters. The van der Waals surface area contributed by atoms with Gasteiger partial charge in [0.25, 0.3) is 5.91 Å². The van der Waals surface area contributed by atoms with Crippen LogP contribution in [0.3, 0.4) is 0 Å². The minimum Gasteiger partial charge on any atom is -0.495 e. The largest absolute Gasteiger partial charge is 0.495 e. The Kier molecular flexibility index (Phi) is 4.84. The van der Waals surface area contributed by atoms with Crippen LogP contribution in [-0.4, -0.2) is 13.0 Å². The van der Waals surface area contributed by atoms with Crippen molar-refractivity contribution < 1.29 is 9.53 Å². The van der Waals surface area contributed by atoms with E-state index < -0.39 is 0 Å². The second kappa shape index (κ2) is 6.61. The van der Waals surface area contributed by atoms with Crippen LogP contribution in [-0.2, 0) is 0 Å². The normalized spacial score (nSPS) is 9.81. The SMILES string of the molecule is COc1cc(C#N)ccc1NC(=O)c1ccc(Cl)cc1Br. The maximum absolute atomic E-state index is 12.3. The van der Waals surface area contributed by atoms with Crippen LogP contribution in [0.5, 0.6) is 5.75 Å². The van der Waals surface area contributed by atoms with Gasteiger partial charge in [-0.3, -0.25) is 4.79 Å². The zero-order chi connectivity index (χ0) is 15.4. The molecule has 6 heteroatoms. The standard InChI is InChI=1S/C15H10BrClN2O2/c1-21-14-6-9(8-18)2-5-13(14)19-15(20)11-4-3-10(17)7-12(11)16/h2-7H,1H3,(H,19,20). The Hall–Kier alpha value is -2.03. The number of nitrogens with one attached hydrogen (secondary N) is 1. The molecule has 2 aromatic rings. The zero-order valence-electron chi connectivity index (χ0n) is 11.0. The van der Waals surface area contributed by atoms with Crippen molar-refractivity contribution >= 4 is 39.1 Å². The highest BCUT2D eigenvalue weighted by Crippen LogP contribution is 2.27. The number of halogens is 2. The summed E-state index contributed by atoms with van der Waals surface area (Å²) in [4.78, 5) is 12.3. The summed E-state index contributed by atoms with van der Waals surface area (Å²) in [5.74, 6) is 0.119. The molecule has 21 heavy (non-hydrogen) atoms. The fraction of sp³-hybridized carbons (Fsp3) is 0.0667. The molecule has 2 aromatic carbocycles. The highest BCUT2D eigenvalue weighted by molar-refractivity contribution is 9.10.